The molecule has 29 heavy (non-hydrogen) atoms. The topological polar surface area (TPSA) is 41.4 Å². The third kappa shape index (κ3) is 5.34. The van der Waals surface area contributed by atoms with Gasteiger partial charge in [0.15, 0.2) is 6.54 Å². The van der Waals surface area contributed by atoms with E-state index in [1.54, 1.807) is 16.2 Å². The number of hydrogen-bond acceptors (Lipinski definition) is 3. The standard InChI is InChI=1S/C23H27N3OS2/c1-18-6-8-19(9-7-18)23(21-5-3-15-29-21)24-16-22(27)26-12-10-25(11-13-26)17-20-4-2-14-28-20/h2-9,14-15,23-24H,10-13,16-17H2,1H3/p+2/t23-/m1/s1. The number of nitrogens with two attached hydrogens (primary N) is 1. The van der Waals surface area contributed by atoms with Crippen LogP contribution in [0.3, 0.4) is 0 Å². The molecule has 1 fully saturated rings. The highest BCUT2D eigenvalue weighted by molar-refractivity contribution is 7.10. The SMILES string of the molecule is Cc1ccc([C@@H]([NH2+]CC(=O)N2CC[NH+](Cc3cccs3)CC2)c2cccs2)cc1. The minimum atomic E-state index is 0.185. The third-order valence-electron chi connectivity index (χ3n) is 5.64. The second-order valence-electron chi connectivity index (χ2n) is 7.73. The summed E-state index contributed by atoms with van der Waals surface area (Å²) in [7, 11) is 0. The summed E-state index contributed by atoms with van der Waals surface area (Å²) in [5.74, 6) is 0.258. The number of nitrogens with zero attached hydrogens (tertiary/aromatic N) is 1. The van der Waals surface area contributed by atoms with E-state index in [0.29, 0.717) is 6.54 Å². The average molecular weight is 428 g/mol. The maximum absolute atomic E-state index is 12.9. The maximum Gasteiger partial charge on any atom is 0.278 e. The van der Waals surface area contributed by atoms with Gasteiger partial charge in [-0.2, -0.15) is 0 Å². The minimum absolute atomic E-state index is 0.185. The summed E-state index contributed by atoms with van der Waals surface area (Å²) in [6.45, 7) is 7.49. The van der Waals surface area contributed by atoms with Crippen molar-refractivity contribution in [3.8, 4) is 0 Å². The molecule has 0 bridgehead atoms. The lowest BCUT2D eigenvalue weighted by molar-refractivity contribution is -0.917. The van der Waals surface area contributed by atoms with Crippen molar-refractivity contribution in [1.29, 1.82) is 0 Å². The molecule has 1 aliphatic heterocycles. The van der Waals surface area contributed by atoms with Crippen molar-refractivity contribution in [3.05, 3.63) is 80.2 Å². The molecule has 1 aromatic carbocycles. The van der Waals surface area contributed by atoms with Crippen LogP contribution in [0.25, 0.3) is 0 Å². The number of carbonyl (C=O) groups is 1. The van der Waals surface area contributed by atoms with Crippen LogP contribution in [0, 0.1) is 6.92 Å². The fourth-order valence-corrected chi connectivity index (χ4v) is 5.54. The Morgan fingerprint density at radius 3 is 2.45 bits per heavy atom. The van der Waals surface area contributed by atoms with Crippen molar-refractivity contribution in [1.82, 2.24) is 4.90 Å². The molecular weight excluding hydrogens is 398 g/mol. The first-order valence-corrected chi connectivity index (χ1v) is 12.0. The predicted octanol–water partition coefficient (Wildman–Crippen LogP) is 1.70. The molecule has 3 aromatic rings. The summed E-state index contributed by atoms with van der Waals surface area (Å²) >= 11 is 3.59. The van der Waals surface area contributed by atoms with Crippen molar-refractivity contribution in [2.45, 2.75) is 19.5 Å². The van der Waals surface area contributed by atoms with Crippen LogP contribution in [0.4, 0.5) is 0 Å². The number of benzene rings is 1. The molecule has 0 spiro atoms. The lowest BCUT2D eigenvalue weighted by Crippen LogP contribution is -3.13. The van der Waals surface area contributed by atoms with E-state index in [0.717, 1.165) is 32.7 Å². The number of hydrogen-bond donors (Lipinski definition) is 2. The quantitative estimate of drug-likeness (QED) is 0.592. The summed E-state index contributed by atoms with van der Waals surface area (Å²) in [4.78, 5) is 19.2. The Labute approximate surface area is 180 Å². The second-order valence-corrected chi connectivity index (χ2v) is 9.74. The van der Waals surface area contributed by atoms with E-state index < -0.39 is 0 Å². The summed E-state index contributed by atoms with van der Waals surface area (Å²) in [5.41, 5.74) is 2.52. The Hall–Kier alpha value is -1.99. The van der Waals surface area contributed by atoms with Gasteiger partial charge in [-0.05, 0) is 29.8 Å². The van der Waals surface area contributed by atoms with E-state index >= 15 is 0 Å². The van der Waals surface area contributed by atoms with Gasteiger partial charge in [0.25, 0.3) is 5.91 Å². The van der Waals surface area contributed by atoms with Gasteiger partial charge in [-0.25, -0.2) is 0 Å². The predicted molar refractivity (Wildman–Crippen MR) is 119 cm³/mol. The molecule has 4 nitrogen and oxygen atoms in total. The molecule has 1 saturated heterocycles. The van der Waals surface area contributed by atoms with Crippen LogP contribution in [0.15, 0.2) is 59.3 Å². The van der Waals surface area contributed by atoms with Crippen molar-refractivity contribution in [2.24, 2.45) is 0 Å². The zero-order valence-electron chi connectivity index (χ0n) is 16.8. The molecule has 1 amide bonds. The Morgan fingerprint density at radius 2 is 1.79 bits per heavy atom. The van der Waals surface area contributed by atoms with E-state index in [1.165, 1.54) is 20.9 Å². The molecule has 0 radical (unpaired) electrons. The van der Waals surface area contributed by atoms with Gasteiger partial charge in [-0.15, -0.1) is 22.7 Å². The summed E-state index contributed by atoms with van der Waals surface area (Å²) < 4.78 is 0. The second kappa shape index (κ2) is 9.67. The van der Waals surface area contributed by atoms with Crippen LogP contribution < -0.4 is 10.2 Å². The Morgan fingerprint density at radius 1 is 1.07 bits per heavy atom. The molecule has 2 aromatic heterocycles. The van der Waals surface area contributed by atoms with Crippen LogP contribution in [0.2, 0.25) is 0 Å². The Bertz CT molecular complexity index is 883. The van der Waals surface area contributed by atoms with Gasteiger partial charge in [0, 0.05) is 5.56 Å². The highest BCUT2D eigenvalue weighted by atomic mass is 32.1. The molecule has 152 valence electrons. The van der Waals surface area contributed by atoms with Gasteiger partial charge in [0.05, 0.1) is 35.9 Å². The summed E-state index contributed by atoms with van der Waals surface area (Å²) in [6, 6.07) is 17.5. The van der Waals surface area contributed by atoms with Gasteiger partial charge in [-0.3, -0.25) is 4.79 Å². The first kappa shape index (κ1) is 20.3. The molecule has 0 saturated carbocycles. The summed E-state index contributed by atoms with van der Waals surface area (Å²) in [6.07, 6.45) is 0. The molecule has 0 unspecified atom stereocenters. The molecule has 1 atom stereocenters. The van der Waals surface area contributed by atoms with Crippen molar-refractivity contribution in [2.75, 3.05) is 32.7 Å². The van der Waals surface area contributed by atoms with Crippen LogP contribution in [0.5, 0.6) is 0 Å². The van der Waals surface area contributed by atoms with E-state index in [-0.39, 0.29) is 11.9 Å². The first-order valence-electron chi connectivity index (χ1n) is 10.3. The van der Waals surface area contributed by atoms with Gasteiger partial charge in [0.1, 0.15) is 12.6 Å². The number of quaternary nitrogens is 2. The van der Waals surface area contributed by atoms with E-state index in [4.69, 9.17) is 0 Å². The number of nitrogens with one attached hydrogen (secondary N) is 1. The molecule has 3 N–H and O–H groups in total. The van der Waals surface area contributed by atoms with Crippen LogP contribution in [-0.2, 0) is 11.3 Å². The van der Waals surface area contributed by atoms with Crippen LogP contribution in [0.1, 0.15) is 26.9 Å². The fourth-order valence-electron chi connectivity index (χ4n) is 3.91. The number of rotatable bonds is 7. The Balaban J connectivity index is 1.32. The lowest BCUT2D eigenvalue weighted by Gasteiger charge is -2.31. The van der Waals surface area contributed by atoms with Crippen LogP contribution in [-0.4, -0.2) is 43.5 Å². The van der Waals surface area contributed by atoms with E-state index in [2.05, 4.69) is 76.4 Å². The molecular formula is C23H29N3OS2+2. The molecule has 1 aliphatic rings. The van der Waals surface area contributed by atoms with Crippen molar-refractivity contribution < 1.29 is 15.0 Å². The van der Waals surface area contributed by atoms with Gasteiger partial charge < -0.3 is 15.1 Å². The van der Waals surface area contributed by atoms with Crippen molar-refractivity contribution in [3.63, 3.8) is 0 Å². The monoisotopic (exact) mass is 427 g/mol. The van der Waals surface area contributed by atoms with Gasteiger partial charge in [-0.1, -0.05) is 42.0 Å². The number of thiophene rings is 2. The zero-order chi connectivity index (χ0) is 20.1. The largest absolute Gasteiger partial charge is 0.328 e. The molecule has 6 heteroatoms. The fraction of sp³-hybridized carbons (Fsp3) is 0.348. The third-order valence-corrected chi connectivity index (χ3v) is 7.47. The van der Waals surface area contributed by atoms with Gasteiger partial charge in [0.2, 0.25) is 0 Å². The highest BCUT2D eigenvalue weighted by Crippen LogP contribution is 2.23. The number of piperazine rings is 1. The number of amides is 1. The minimum Gasteiger partial charge on any atom is -0.328 e. The van der Waals surface area contributed by atoms with E-state index in [1.807, 2.05) is 11.3 Å². The highest BCUT2D eigenvalue weighted by Gasteiger charge is 2.26. The Kier molecular flexibility index (Phi) is 6.77. The number of carbonyl (C=O) groups excluding carboxylic acids is 1. The van der Waals surface area contributed by atoms with Gasteiger partial charge >= 0.3 is 0 Å². The normalized spacial score (nSPS) is 16.1. The first-order chi connectivity index (χ1) is 14.2. The molecule has 0 aliphatic carbocycles. The molecule has 3 heterocycles. The number of aryl methyl sites for hydroxylation is 1. The summed E-state index contributed by atoms with van der Waals surface area (Å²) in [5, 5.41) is 6.45. The molecule has 4 rings (SSSR count). The van der Waals surface area contributed by atoms with Crippen molar-refractivity contribution >= 4 is 28.6 Å². The lowest BCUT2D eigenvalue weighted by atomic mass is 10.0. The van der Waals surface area contributed by atoms with Crippen LogP contribution >= 0.6 is 22.7 Å². The zero-order valence-corrected chi connectivity index (χ0v) is 18.5. The average Bonchev–Trinajstić information content (AvgIpc) is 3.44. The smallest absolute Gasteiger partial charge is 0.278 e. The maximum atomic E-state index is 12.9. The van der Waals surface area contributed by atoms with E-state index in [9.17, 15) is 4.79 Å².